The molecule has 0 aliphatic carbocycles. The number of rotatable bonds is 1. The van der Waals surface area contributed by atoms with Crippen LogP contribution in [0, 0.1) is 0 Å². The van der Waals surface area contributed by atoms with Crippen LogP contribution in [0.1, 0.15) is 20.8 Å². The Morgan fingerprint density at radius 1 is 1.31 bits per heavy atom. The number of hydrogen-bond acceptors (Lipinski definition) is 3. The lowest BCUT2D eigenvalue weighted by atomic mass is 10.3. The molecule has 0 atom stereocenters. The maximum absolute atomic E-state index is 8.52. The Bertz CT molecular complexity index is 175. The summed E-state index contributed by atoms with van der Waals surface area (Å²) in [5.74, 6) is 0. The van der Waals surface area contributed by atoms with Gasteiger partial charge in [0.2, 0.25) is 0 Å². The van der Waals surface area contributed by atoms with Gasteiger partial charge < -0.3 is 15.9 Å². The van der Waals surface area contributed by atoms with Crippen LogP contribution in [0.3, 0.4) is 0 Å². The van der Waals surface area contributed by atoms with Crippen molar-refractivity contribution in [1.29, 1.82) is 0 Å². The summed E-state index contributed by atoms with van der Waals surface area (Å²) in [6.45, 7) is 6.09. The van der Waals surface area contributed by atoms with Crippen LogP contribution >= 0.6 is 36.4 Å². The van der Waals surface area contributed by atoms with E-state index in [0.717, 1.165) is 0 Å². The van der Waals surface area contributed by atoms with Crippen LogP contribution < -0.4 is 10.5 Å². The fraction of sp³-hybridized carbons (Fsp3) is 0.667. The fourth-order valence-electron chi connectivity index (χ4n) is 0.197. The average molecular weight is 242 g/mol. The molecule has 0 aromatic carbocycles. The molecule has 0 unspecified atom stereocenters. The third-order valence-electron chi connectivity index (χ3n) is 0.445. The van der Waals surface area contributed by atoms with Gasteiger partial charge in [0.1, 0.15) is 0 Å². The highest BCUT2D eigenvalue weighted by Crippen LogP contribution is 2.18. The highest BCUT2D eigenvalue weighted by Gasteiger charge is 2.10. The number of aliphatic hydroxyl groups excluding tert-OH is 2. The summed E-state index contributed by atoms with van der Waals surface area (Å²) in [5, 5.41) is 15.4. The van der Waals surface area contributed by atoms with Crippen molar-refractivity contribution in [3.8, 4) is 0 Å². The second-order valence-electron chi connectivity index (χ2n) is 2.96. The maximum atomic E-state index is 8.52. The van der Waals surface area contributed by atoms with Gasteiger partial charge in [0.25, 0.3) is 10.3 Å². The van der Waals surface area contributed by atoms with Gasteiger partial charge >= 0.3 is 0 Å². The van der Waals surface area contributed by atoms with Gasteiger partial charge in [-0.15, -0.1) is 0 Å². The van der Waals surface area contributed by atoms with Crippen molar-refractivity contribution in [1.82, 2.24) is 4.72 Å². The van der Waals surface area contributed by atoms with Crippen molar-refractivity contribution in [3.05, 3.63) is 0 Å². The summed E-state index contributed by atoms with van der Waals surface area (Å²) in [5.41, 5.74) is 4.40. The Kier molecular flexibility index (Phi) is 8.38. The van der Waals surface area contributed by atoms with Gasteiger partial charge in [0.05, 0.1) is 0 Å². The Morgan fingerprint density at radius 2 is 1.62 bits per heavy atom. The monoisotopic (exact) mass is 242 g/mol. The van der Waals surface area contributed by atoms with Crippen molar-refractivity contribution < 1.29 is 10.2 Å². The quantitative estimate of drug-likeness (QED) is 0.411. The molecule has 7 heteroatoms. The van der Waals surface area contributed by atoms with Crippen LogP contribution in [0.4, 0.5) is 0 Å². The Labute approximate surface area is 93.0 Å². The highest BCUT2D eigenvalue weighted by molar-refractivity contribution is 8.00. The Morgan fingerprint density at radius 3 is 1.69 bits per heavy atom. The SMILES string of the molecule is CC(C)(C)SNC(O)=S.NC(O)=S. The molecule has 0 spiro atoms. The third-order valence-corrected chi connectivity index (χ3v) is 1.58. The van der Waals surface area contributed by atoms with Gasteiger partial charge in [-0.2, -0.15) is 0 Å². The van der Waals surface area contributed by atoms with Crippen molar-refractivity contribution in [3.63, 3.8) is 0 Å². The van der Waals surface area contributed by atoms with Gasteiger partial charge in [0, 0.05) is 4.75 Å². The molecule has 0 heterocycles. The minimum absolute atomic E-state index is 0.0901. The van der Waals surface area contributed by atoms with Gasteiger partial charge in [-0.25, -0.2) is 0 Å². The normalized spacial score (nSPS) is 9.46. The topological polar surface area (TPSA) is 78.5 Å². The number of thiocarbonyl (C=S) groups is 2. The van der Waals surface area contributed by atoms with E-state index in [1.807, 2.05) is 20.8 Å². The molecule has 78 valence electrons. The second kappa shape index (κ2) is 7.16. The van der Waals surface area contributed by atoms with Crippen molar-refractivity contribution in [2.75, 3.05) is 0 Å². The van der Waals surface area contributed by atoms with E-state index < -0.39 is 5.17 Å². The largest absolute Gasteiger partial charge is 0.487 e. The molecule has 0 aromatic rings. The van der Waals surface area contributed by atoms with E-state index >= 15 is 0 Å². The molecule has 0 fully saturated rings. The van der Waals surface area contributed by atoms with Crippen LogP contribution in [0.5, 0.6) is 0 Å². The molecule has 0 bridgehead atoms. The zero-order valence-corrected chi connectivity index (χ0v) is 10.1. The van der Waals surface area contributed by atoms with E-state index in [1.165, 1.54) is 11.9 Å². The van der Waals surface area contributed by atoms with E-state index in [9.17, 15) is 0 Å². The predicted octanol–water partition coefficient (Wildman–Crippen LogP) is 1.65. The number of hydrogen-bond donors (Lipinski definition) is 4. The van der Waals surface area contributed by atoms with Crippen molar-refractivity contribution in [2.45, 2.75) is 25.5 Å². The maximum Gasteiger partial charge on any atom is 0.264 e. The molecule has 0 amide bonds. The van der Waals surface area contributed by atoms with Gasteiger partial charge in [-0.3, -0.25) is 4.72 Å². The first-order valence-electron chi connectivity index (χ1n) is 3.30. The number of aliphatic hydroxyl groups is 2. The molecular formula is C6H14N2O2S3. The van der Waals surface area contributed by atoms with E-state index in [2.05, 4.69) is 34.9 Å². The summed E-state index contributed by atoms with van der Waals surface area (Å²) >= 11 is 9.66. The molecule has 0 aliphatic rings. The van der Waals surface area contributed by atoms with E-state index in [4.69, 9.17) is 10.2 Å². The van der Waals surface area contributed by atoms with Gasteiger partial charge in [0.15, 0.2) is 0 Å². The molecule has 0 saturated carbocycles. The van der Waals surface area contributed by atoms with Crippen LogP contribution in [0.15, 0.2) is 0 Å². The minimum atomic E-state index is -0.500. The number of nitrogens with one attached hydrogen (secondary N) is 1. The fourth-order valence-corrected chi connectivity index (χ4v) is 0.715. The third kappa shape index (κ3) is 33.8. The van der Waals surface area contributed by atoms with Gasteiger partial charge in [-0.05, 0) is 57.2 Å². The molecule has 0 aliphatic heterocycles. The summed E-state index contributed by atoms with van der Waals surface area (Å²) in [7, 11) is 0. The number of nitrogens with two attached hydrogens (primary N) is 1. The van der Waals surface area contributed by atoms with Crippen LogP contribution in [0.2, 0.25) is 0 Å². The first kappa shape index (κ1) is 15.2. The van der Waals surface area contributed by atoms with Crippen LogP contribution in [0.25, 0.3) is 0 Å². The van der Waals surface area contributed by atoms with E-state index in [1.54, 1.807) is 0 Å². The molecular weight excluding hydrogens is 228 g/mol. The molecule has 0 aromatic heterocycles. The standard InChI is InChI=1S/C5H11NOS2.CH3NOS/c1-5(2,3)9-6-4(7)8;2-1(3)4/h1-3H3,(H2,6,7,8);(H3,2,3,4). The van der Waals surface area contributed by atoms with E-state index in [0.29, 0.717) is 0 Å². The second-order valence-corrected chi connectivity index (χ2v) is 5.40. The highest BCUT2D eigenvalue weighted by atomic mass is 32.2. The van der Waals surface area contributed by atoms with Crippen LogP contribution in [-0.4, -0.2) is 25.3 Å². The predicted molar refractivity (Wildman–Crippen MR) is 65.1 cm³/mol. The van der Waals surface area contributed by atoms with Crippen molar-refractivity contribution >= 4 is 46.7 Å². The summed E-state index contributed by atoms with van der Waals surface area (Å²) in [6, 6.07) is 0. The summed E-state index contributed by atoms with van der Waals surface area (Å²) in [6.07, 6.45) is 0. The molecule has 13 heavy (non-hydrogen) atoms. The lowest BCUT2D eigenvalue weighted by Crippen LogP contribution is -2.20. The average Bonchev–Trinajstić information content (AvgIpc) is 1.80. The Hall–Kier alpha value is -0.270. The van der Waals surface area contributed by atoms with Crippen molar-refractivity contribution in [2.24, 2.45) is 5.73 Å². The van der Waals surface area contributed by atoms with Crippen LogP contribution in [-0.2, 0) is 0 Å². The first-order chi connectivity index (χ1) is 5.65. The smallest absolute Gasteiger partial charge is 0.264 e. The molecule has 4 nitrogen and oxygen atoms in total. The Balaban J connectivity index is 0. The lowest BCUT2D eigenvalue weighted by molar-refractivity contribution is 0.553. The molecule has 0 rings (SSSR count). The lowest BCUT2D eigenvalue weighted by Gasteiger charge is -2.16. The van der Waals surface area contributed by atoms with E-state index in [-0.39, 0.29) is 9.92 Å². The zero-order valence-electron chi connectivity index (χ0n) is 7.70. The minimum Gasteiger partial charge on any atom is -0.487 e. The summed E-state index contributed by atoms with van der Waals surface area (Å²) in [4.78, 5) is 0. The molecule has 5 N–H and O–H groups in total. The zero-order chi connectivity index (χ0) is 11.1. The van der Waals surface area contributed by atoms with Gasteiger partial charge in [-0.1, -0.05) is 0 Å². The molecule has 0 saturated heterocycles. The summed E-state index contributed by atoms with van der Waals surface area (Å²) < 4.78 is 2.68. The molecule has 0 radical (unpaired) electrons. The first-order valence-corrected chi connectivity index (χ1v) is 4.94.